The zero-order chi connectivity index (χ0) is 20.7. The number of aromatic nitrogens is 3. The van der Waals surface area contributed by atoms with Gasteiger partial charge in [-0.1, -0.05) is 30.3 Å². The van der Waals surface area contributed by atoms with Crippen molar-refractivity contribution < 1.29 is 4.79 Å². The third-order valence-electron chi connectivity index (χ3n) is 4.10. The van der Waals surface area contributed by atoms with E-state index in [9.17, 15) is 4.79 Å². The smallest absolute Gasteiger partial charge is 0.240 e. The lowest BCUT2D eigenvalue weighted by Gasteiger charge is -2.25. The summed E-state index contributed by atoms with van der Waals surface area (Å²) in [5, 5.41) is 14.5. The molecule has 2 N–H and O–H groups in total. The summed E-state index contributed by atoms with van der Waals surface area (Å²) in [4.78, 5) is 18.8. The van der Waals surface area contributed by atoms with Gasteiger partial charge in [0.1, 0.15) is 5.82 Å². The van der Waals surface area contributed by atoms with Crippen LogP contribution in [0.15, 0.2) is 35.3 Å². The van der Waals surface area contributed by atoms with Crippen LogP contribution in [0.2, 0.25) is 0 Å². The second-order valence-electron chi connectivity index (χ2n) is 7.86. The Labute approximate surface area is 190 Å². The average molecular weight is 513 g/mol. The number of rotatable bonds is 6. The first-order valence-electron chi connectivity index (χ1n) is 9.35. The number of aryl methyl sites for hydroxylation is 1. The molecule has 0 unspecified atom stereocenters. The van der Waals surface area contributed by atoms with E-state index in [0.29, 0.717) is 19.0 Å². The lowest BCUT2D eigenvalue weighted by Crippen LogP contribution is -2.48. The van der Waals surface area contributed by atoms with Crippen molar-refractivity contribution in [2.24, 2.45) is 12.0 Å². The van der Waals surface area contributed by atoms with E-state index in [-0.39, 0.29) is 42.0 Å². The molecule has 0 aliphatic heterocycles. The minimum Gasteiger partial charge on any atom is -0.350 e. The summed E-state index contributed by atoms with van der Waals surface area (Å²) < 4.78 is 1.92. The number of hydrogen-bond acceptors (Lipinski definition) is 4. The number of nitrogens with zero attached hydrogens (tertiary/aromatic N) is 5. The number of halogens is 1. The molecule has 9 heteroatoms. The highest BCUT2D eigenvalue weighted by molar-refractivity contribution is 14.0. The first-order chi connectivity index (χ1) is 13.2. The van der Waals surface area contributed by atoms with Gasteiger partial charge in [-0.3, -0.25) is 4.79 Å². The maximum absolute atomic E-state index is 12.3. The molecule has 0 aliphatic carbocycles. The van der Waals surface area contributed by atoms with Crippen molar-refractivity contribution in [2.75, 3.05) is 13.6 Å². The van der Waals surface area contributed by atoms with Crippen molar-refractivity contribution in [3.05, 3.63) is 47.5 Å². The summed E-state index contributed by atoms with van der Waals surface area (Å²) in [6, 6.07) is 10.0. The molecule has 2 aromatic rings. The van der Waals surface area contributed by atoms with E-state index in [4.69, 9.17) is 0 Å². The highest BCUT2D eigenvalue weighted by Gasteiger charge is 2.17. The summed E-state index contributed by atoms with van der Waals surface area (Å²) in [5.41, 5.74) is 0.826. The van der Waals surface area contributed by atoms with E-state index in [1.54, 1.807) is 0 Å². The van der Waals surface area contributed by atoms with Gasteiger partial charge >= 0.3 is 0 Å². The maximum atomic E-state index is 12.3. The molecule has 0 aliphatic rings. The molecule has 1 aromatic carbocycles. The van der Waals surface area contributed by atoms with Gasteiger partial charge in [-0.15, -0.1) is 34.2 Å². The van der Waals surface area contributed by atoms with Crippen LogP contribution in [0.5, 0.6) is 0 Å². The molecule has 8 nitrogen and oxygen atoms in total. The fourth-order valence-electron chi connectivity index (χ4n) is 2.57. The Hall–Kier alpha value is -2.17. The Morgan fingerprint density at radius 2 is 1.86 bits per heavy atom. The Balaban J connectivity index is 0.00000420. The molecule has 0 bridgehead atoms. The molecule has 2 rings (SSSR count). The minimum absolute atomic E-state index is 0. The quantitative estimate of drug-likeness (QED) is 0.352. The van der Waals surface area contributed by atoms with Gasteiger partial charge in [0.25, 0.3) is 0 Å². The van der Waals surface area contributed by atoms with Gasteiger partial charge in [0.15, 0.2) is 11.8 Å². The molecular formula is C20H32IN7O. The number of carbonyl (C=O) groups is 1. The van der Waals surface area contributed by atoms with Crippen molar-refractivity contribution in [3.8, 4) is 0 Å². The minimum atomic E-state index is -0.275. The molecule has 0 radical (unpaired) electrons. The lowest BCUT2D eigenvalue weighted by atomic mass is 10.1. The van der Waals surface area contributed by atoms with Crippen molar-refractivity contribution in [2.45, 2.75) is 46.3 Å². The van der Waals surface area contributed by atoms with E-state index in [2.05, 4.69) is 25.8 Å². The van der Waals surface area contributed by atoms with Gasteiger partial charge in [0.05, 0.1) is 19.6 Å². The lowest BCUT2D eigenvalue weighted by molar-refractivity contribution is -0.122. The Bertz CT molecular complexity index is 812. The number of likely N-dealkylation sites (N-methyl/N-ethyl adjacent to an activating group) is 1. The van der Waals surface area contributed by atoms with Crippen LogP contribution in [0.25, 0.3) is 0 Å². The second-order valence-corrected chi connectivity index (χ2v) is 7.86. The van der Waals surface area contributed by atoms with Gasteiger partial charge < -0.3 is 20.1 Å². The molecule has 1 heterocycles. The van der Waals surface area contributed by atoms with Crippen molar-refractivity contribution in [1.29, 1.82) is 0 Å². The fourth-order valence-corrected chi connectivity index (χ4v) is 2.57. The molecule has 1 amide bonds. The largest absolute Gasteiger partial charge is 0.350 e. The van der Waals surface area contributed by atoms with Gasteiger partial charge in [0, 0.05) is 19.6 Å². The number of aliphatic imine (C=N–C) groups is 1. The predicted octanol–water partition coefficient (Wildman–Crippen LogP) is 2.23. The second kappa shape index (κ2) is 11.1. The van der Waals surface area contributed by atoms with Crippen LogP contribution in [0.1, 0.15) is 38.0 Å². The van der Waals surface area contributed by atoms with E-state index in [0.717, 1.165) is 17.2 Å². The molecule has 160 valence electrons. The number of benzene rings is 1. The summed E-state index contributed by atoms with van der Waals surface area (Å²) in [6.45, 7) is 8.99. The van der Waals surface area contributed by atoms with Crippen molar-refractivity contribution >= 4 is 35.8 Å². The summed E-state index contributed by atoms with van der Waals surface area (Å²) in [6.07, 6.45) is 0. The number of nitrogens with one attached hydrogen (secondary N) is 2. The van der Waals surface area contributed by atoms with Gasteiger partial charge in [-0.05, 0) is 33.3 Å². The van der Waals surface area contributed by atoms with E-state index < -0.39 is 0 Å². The molecule has 0 saturated heterocycles. The molecule has 0 saturated carbocycles. The first kappa shape index (κ1) is 24.9. The summed E-state index contributed by atoms with van der Waals surface area (Å²) in [5.74, 6) is 2.22. The predicted molar refractivity (Wildman–Crippen MR) is 126 cm³/mol. The number of hydrogen-bond donors (Lipinski definition) is 2. The number of carbonyl (C=O) groups excluding carboxylic acids is 1. The molecule has 1 aromatic heterocycles. The molecular weight excluding hydrogens is 481 g/mol. The van der Waals surface area contributed by atoms with Crippen LogP contribution < -0.4 is 10.6 Å². The van der Waals surface area contributed by atoms with Crippen molar-refractivity contribution in [3.63, 3.8) is 0 Å². The Morgan fingerprint density at radius 3 is 2.41 bits per heavy atom. The SMILES string of the molecule is Cc1nnc(CNC(=NCc2ccccc2)N(C)CC(=O)NC(C)(C)C)n1C.I. The standard InChI is InChI=1S/C20H31N7O.HI/c1-15-24-25-17(27(15)6)13-22-19(21-12-16-10-8-7-9-11-16)26(5)14-18(28)23-20(2,3)4;/h7-11H,12-14H2,1-6H3,(H,21,22)(H,23,28);1H. The topological polar surface area (TPSA) is 87.4 Å². The van der Waals surface area contributed by atoms with Crippen LogP contribution >= 0.6 is 24.0 Å². The molecule has 0 atom stereocenters. The molecule has 0 fully saturated rings. The van der Waals surface area contributed by atoms with Gasteiger partial charge in [-0.2, -0.15) is 0 Å². The Morgan fingerprint density at radius 1 is 1.21 bits per heavy atom. The zero-order valence-corrected chi connectivity index (χ0v) is 20.4. The first-order valence-corrected chi connectivity index (χ1v) is 9.35. The fraction of sp³-hybridized carbons (Fsp3) is 0.500. The maximum Gasteiger partial charge on any atom is 0.240 e. The van der Waals surface area contributed by atoms with Crippen LogP contribution in [0, 0.1) is 6.92 Å². The van der Waals surface area contributed by atoms with Crippen LogP contribution in [0.4, 0.5) is 0 Å². The van der Waals surface area contributed by atoms with Gasteiger partial charge in [-0.25, -0.2) is 4.99 Å². The molecule has 0 spiro atoms. The van der Waals surface area contributed by atoms with Crippen LogP contribution in [-0.4, -0.2) is 50.7 Å². The zero-order valence-electron chi connectivity index (χ0n) is 18.1. The van der Waals surface area contributed by atoms with E-state index in [1.165, 1.54) is 0 Å². The third-order valence-corrected chi connectivity index (χ3v) is 4.10. The monoisotopic (exact) mass is 513 g/mol. The number of amides is 1. The summed E-state index contributed by atoms with van der Waals surface area (Å²) in [7, 11) is 3.77. The molecule has 29 heavy (non-hydrogen) atoms. The highest BCUT2D eigenvalue weighted by Crippen LogP contribution is 2.03. The van der Waals surface area contributed by atoms with Crippen LogP contribution in [0.3, 0.4) is 0 Å². The van der Waals surface area contributed by atoms with Crippen LogP contribution in [-0.2, 0) is 24.9 Å². The average Bonchev–Trinajstić information content (AvgIpc) is 2.93. The normalized spacial score (nSPS) is 11.6. The highest BCUT2D eigenvalue weighted by atomic mass is 127. The van der Waals surface area contributed by atoms with E-state index >= 15 is 0 Å². The van der Waals surface area contributed by atoms with Gasteiger partial charge in [0.2, 0.25) is 5.91 Å². The third kappa shape index (κ3) is 8.38. The van der Waals surface area contributed by atoms with Crippen molar-refractivity contribution in [1.82, 2.24) is 30.3 Å². The Kier molecular flexibility index (Phi) is 9.54. The van der Waals surface area contributed by atoms with E-state index in [1.807, 2.05) is 81.6 Å². The number of guanidine groups is 1. The summed E-state index contributed by atoms with van der Waals surface area (Å²) >= 11 is 0.